The average molecular weight is 432 g/mol. The molecule has 0 radical (unpaired) electrons. The average Bonchev–Trinajstić information content (AvgIpc) is 2.65. The van der Waals surface area contributed by atoms with E-state index in [1.807, 2.05) is 0 Å². The van der Waals surface area contributed by atoms with E-state index >= 15 is 0 Å². The lowest BCUT2D eigenvalue weighted by molar-refractivity contribution is 0.395. The Balaban J connectivity index is 3.41. The molecule has 0 bridgehead atoms. The number of alkyl halides is 1. The maximum atomic E-state index is 3.68. The first kappa shape index (κ1) is 26.5. The molecule has 0 aliphatic carbocycles. The van der Waals surface area contributed by atoms with E-state index in [1.54, 1.807) is 0 Å². The van der Waals surface area contributed by atoms with E-state index in [4.69, 9.17) is 0 Å². The molecule has 0 amide bonds. The molecule has 26 heavy (non-hydrogen) atoms. The minimum absolute atomic E-state index is 0.989. The van der Waals surface area contributed by atoms with Crippen LogP contribution in [0.4, 0.5) is 0 Å². The lowest BCUT2D eigenvalue weighted by Crippen LogP contribution is -2.02. The van der Waals surface area contributed by atoms with Crippen molar-refractivity contribution in [2.45, 2.75) is 149 Å². The molecule has 0 nitrogen and oxygen atoms in total. The van der Waals surface area contributed by atoms with Gasteiger partial charge in [-0.1, -0.05) is 158 Å². The lowest BCUT2D eigenvalue weighted by Gasteiger charge is -2.15. The highest BCUT2D eigenvalue weighted by atomic mass is 79.9. The van der Waals surface area contributed by atoms with Gasteiger partial charge in [0.25, 0.3) is 0 Å². The summed E-state index contributed by atoms with van der Waals surface area (Å²) in [6.07, 6.45) is 30.6. The minimum Gasteiger partial charge on any atom is -0.0928 e. The quantitative estimate of drug-likeness (QED) is 0.118. The van der Waals surface area contributed by atoms with Gasteiger partial charge in [-0.25, -0.2) is 0 Å². The third-order valence-corrected chi connectivity index (χ3v) is 6.41. The molecule has 0 aliphatic rings. The van der Waals surface area contributed by atoms with Crippen molar-refractivity contribution in [2.75, 3.05) is 5.33 Å². The van der Waals surface area contributed by atoms with Crippen LogP contribution in [-0.2, 0) is 0 Å². The summed E-state index contributed by atoms with van der Waals surface area (Å²) in [4.78, 5) is 0. The Kier molecular flexibility index (Phi) is 24.0. The molecule has 0 aromatic heterocycles. The Morgan fingerprint density at radius 3 is 1.04 bits per heavy atom. The number of halogens is 1. The van der Waals surface area contributed by atoms with Crippen LogP contribution in [0.5, 0.6) is 0 Å². The van der Waals surface area contributed by atoms with Gasteiger partial charge in [0.1, 0.15) is 0 Å². The molecular formula is C25H51Br. The zero-order valence-corrected chi connectivity index (χ0v) is 20.1. The highest BCUT2D eigenvalue weighted by molar-refractivity contribution is 9.09. The van der Waals surface area contributed by atoms with Crippen molar-refractivity contribution in [1.82, 2.24) is 0 Å². The second kappa shape index (κ2) is 23.5. The SMILES string of the molecule is CCCCCCCCCCCCC(CCBr)CCCCCCCCCC. The first-order valence-electron chi connectivity index (χ1n) is 12.4. The van der Waals surface area contributed by atoms with Crippen LogP contribution in [0.15, 0.2) is 0 Å². The van der Waals surface area contributed by atoms with Crippen LogP contribution in [-0.4, -0.2) is 5.33 Å². The summed E-state index contributed by atoms with van der Waals surface area (Å²) in [5, 5.41) is 1.20. The second-order valence-electron chi connectivity index (χ2n) is 8.58. The fourth-order valence-corrected chi connectivity index (χ4v) is 4.72. The highest BCUT2D eigenvalue weighted by Crippen LogP contribution is 2.23. The summed E-state index contributed by atoms with van der Waals surface area (Å²) < 4.78 is 0. The fourth-order valence-electron chi connectivity index (χ4n) is 4.07. The number of hydrogen-bond acceptors (Lipinski definition) is 0. The lowest BCUT2D eigenvalue weighted by atomic mass is 9.92. The molecule has 0 aliphatic heterocycles. The maximum absolute atomic E-state index is 3.68. The van der Waals surface area contributed by atoms with Gasteiger partial charge in [-0.05, 0) is 12.3 Å². The van der Waals surface area contributed by atoms with Crippen LogP contribution in [0.25, 0.3) is 0 Å². The van der Waals surface area contributed by atoms with Crippen molar-refractivity contribution in [1.29, 1.82) is 0 Å². The van der Waals surface area contributed by atoms with E-state index in [-0.39, 0.29) is 0 Å². The van der Waals surface area contributed by atoms with Crippen molar-refractivity contribution in [3.63, 3.8) is 0 Å². The summed E-state index contributed by atoms with van der Waals surface area (Å²) in [5.74, 6) is 0.989. The van der Waals surface area contributed by atoms with Crippen LogP contribution in [0.1, 0.15) is 149 Å². The molecule has 0 heterocycles. The van der Waals surface area contributed by atoms with Gasteiger partial charge < -0.3 is 0 Å². The third-order valence-electron chi connectivity index (χ3n) is 5.95. The number of hydrogen-bond donors (Lipinski definition) is 0. The Labute approximate surface area is 175 Å². The molecule has 0 rings (SSSR count). The predicted octanol–water partition coefficient (Wildman–Crippen LogP) is 10.2. The molecule has 1 heteroatoms. The summed E-state index contributed by atoms with van der Waals surface area (Å²) in [6, 6.07) is 0. The maximum Gasteiger partial charge on any atom is 0.00339 e. The Hall–Kier alpha value is 0.480. The van der Waals surface area contributed by atoms with Crippen molar-refractivity contribution >= 4 is 15.9 Å². The third kappa shape index (κ3) is 20.8. The monoisotopic (exact) mass is 430 g/mol. The molecule has 1 atom stereocenters. The highest BCUT2D eigenvalue weighted by Gasteiger charge is 2.07. The van der Waals surface area contributed by atoms with Gasteiger partial charge in [0.05, 0.1) is 0 Å². The summed E-state index contributed by atoms with van der Waals surface area (Å²) >= 11 is 3.68. The van der Waals surface area contributed by atoms with E-state index in [0.717, 1.165) is 5.92 Å². The summed E-state index contributed by atoms with van der Waals surface area (Å²) in [6.45, 7) is 4.61. The van der Waals surface area contributed by atoms with E-state index in [0.29, 0.717) is 0 Å². The molecule has 0 saturated heterocycles. The molecule has 0 spiro atoms. The molecule has 1 unspecified atom stereocenters. The topological polar surface area (TPSA) is 0 Å². The van der Waals surface area contributed by atoms with E-state index in [9.17, 15) is 0 Å². The molecular weight excluding hydrogens is 380 g/mol. The van der Waals surface area contributed by atoms with Crippen LogP contribution in [0, 0.1) is 5.92 Å². The minimum atomic E-state index is 0.989. The van der Waals surface area contributed by atoms with E-state index in [2.05, 4.69) is 29.8 Å². The van der Waals surface area contributed by atoms with Gasteiger partial charge >= 0.3 is 0 Å². The Bertz CT molecular complexity index is 238. The van der Waals surface area contributed by atoms with Gasteiger partial charge in [0.2, 0.25) is 0 Å². The molecule has 0 aromatic carbocycles. The summed E-state index contributed by atoms with van der Waals surface area (Å²) in [5.41, 5.74) is 0. The van der Waals surface area contributed by atoms with Crippen molar-refractivity contribution < 1.29 is 0 Å². The summed E-state index contributed by atoms with van der Waals surface area (Å²) in [7, 11) is 0. The zero-order chi connectivity index (χ0) is 19.1. The van der Waals surface area contributed by atoms with Crippen LogP contribution < -0.4 is 0 Å². The van der Waals surface area contributed by atoms with Crippen LogP contribution in [0.3, 0.4) is 0 Å². The van der Waals surface area contributed by atoms with Gasteiger partial charge in [0.15, 0.2) is 0 Å². The van der Waals surface area contributed by atoms with Gasteiger partial charge in [-0.2, -0.15) is 0 Å². The van der Waals surface area contributed by atoms with Gasteiger partial charge in [-0.15, -0.1) is 0 Å². The van der Waals surface area contributed by atoms with Crippen molar-refractivity contribution in [2.24, 2.45) is 5.92 Å². The van der Waals surface area contributed by atoms with Gasteiger partial charge in [-0.3, -0.25) is 0 Å². The predicted molar refractivity (Wildman–Crippen MR) is 126 cm³/mol. The molecule has 0 aromatic rings. The normalized spacial score (nSPS) is 12.6. The zero-order valence-electron chi connectivity index (χ0n) is 18.5. The fraction of sp³-hybridized carbons (Fsp3) is 1.00. The first-order valence-corrected chi connectivity index (χ1v) is 13.5. The number of unbranched alkanes of at least 4 members (excludes halogenated alkanes) is 16. The van der Waals surface area contributed by atoms with Gasteiger partial charge in [0, 0.05) is 5.33 Å². The van der Waals surface area contributed by atoms with Crippen molar-refractivity contribution in [3.05, 3.63) is 0 Å². The molecule has 0 saturated carbocycles. The molecule has 0 fully saturated rings. The Morgan fingerprint density at radius 2 is 0.731 bits per heavy atom. The van der Waals surface area contributed by atoms with Crippen molar-refractivity contribution in [3.8, 4) is 0 Å². The molecule has 0 N–H and O–H groups in total. The first-order chi connectivity index (χ1) is 12.8. The largest absolute Gasteiger partial charge is 0.0928 e. The molecule has 158 valence electrons. The second-order valence-corrected chi connectivity index (χ2v) is 9.37. The standard InChI is InChI=1S/C25H51Br/c1-3-5-7-9-11-13-14-16-18-20-22-25(23-24-26)21-19-17-15-12-10-8-6-4-2/h25H,3-24H2,1-2H3. The van der Waals surface area contributed by atoms with E-state index < -0.39 is 0 Å². The van der Waals surface area contributed by atoms with Crippen LogP contribution >= 0.6 is 15.9 Å². The smallest absolute Gasteiger partial charge is 0.00339 e. The van der Waals surface area contributed by atoms with Crippen LogP contribution in [0.2, 0.25) is 0 Å². The Morgan fingerprint density at radius 1 is 0.423 bits per heavy atom. The van der Waals surface area contributed by atoms with E-state index in [1.165, 1.54) is 140 Å². The number of rotatable bonds is 22.